The van der Waals surface area contributed by atoms with E-state index in [2.05, 4.69) is 0 Å². The smallest absolute Gasteiger partial charge is 0.337 e. The summed E-state index contributed by atoms with van der Waals surface area (Å²) in [6.07, 6.45) is 0. The highest BCUT2D eigenvalue weighted by molar-refractivity contribution is 5.63. The van der Waals surface area contributed by atoms with Gasteiger partial charge >= 0.3 is 5.69 Å². The van der Waals surface area contributed by atoms with Gasteiger partial charge in [-0.25, -0.2) is 9.36 Å². The maximum absolute atomic E-state index is 12.3. The summed E-state index contributed by atoms with van der Waals surface area (Å²) in [4.78, 5) is 24.1. The number of anilines is 2. The quantitative estimate of drug-likeness (QED) is 0.797. The van der Waals surface area contributed by atoms with Gasteiger partial charge in [-0.2, -0.15) is 0 Å². The van der Waals surface area contributed by atoms with Gasteiger partial charge < -0.3 is 11.5 Å². The van der Waals surface area contributed by atoms with Crippen LogP contribution in [-0.2, 0) is 7.05 Å². The molecule has 2 aromatic rings. The highest BCUT2D eigenvalue weighted by Crippen LogP contribution is 2.22. The van der Waals surface area contributed by atoms with Gasteiger partial charge in [0.2, 0.25) is 0 Å². The highest BCUT2D eigenvalue weighted by Gasteiger charge is 2.17. The molecule has 0 aliphatic carbocycles. The maximum Gasteiger partial charge on any atom is 0.337 e. The second-order valence-corrected chi connectivity index (χ2v) is 5.03. The summed E-state index contributed by atoms with van der Waals surface area (Å²) in [6, 6.07) is 3.91. The topological polar surface area (TPSA) is 96.0 Å². The molecule has 1 aromatic carbocycles. The summed E-state index contributed by atoms with van der Waals surface area (Å²) in [5.41, 5.74) is 13.9. The van der Waals surface area contributed by atoms with Crippen molar-refractivity contribution in [3.63, 3.8) is 0 Å². The third-order valence-corrected chi connectivity index (χ3v) is 3.39. The first kappa shape index (κ1) is 13.9. The van der Waals surface area contributed by atoms with Crippen LogP contribution >= 0.6 is 0 Å². The minimum absolute atomic E-state index is 0.0202. The molecule has 0 bridgehead atoms. The SMILES string of the molecule is Cc1cc(C)c(-n2c(N)c(N)c(=O)n(C)c2=O)c(C)c1. The number of aromatic nitrogens is 2. The molecule has 0 saturated heterocycles. The van der Waals surface area contributed by atoms with E-state index in [1.54, 1.807) is 0 Å². The molecule has 2 rings (SSSR count). The van der Waals surface area contributed by atoms with E-state index in [1.165, 1.54) is 11.6 Å². The molecular weight excluding hydrogens is 256 g/mol. The number of aryl methyl sites for hydroxylation is 3. The van der Waals surface area contributed by atoms with Crippen molar-refractivity contribution in [1.82, 2.24) is 9.13 Å². The minimum atomic E-state index is -0.578. The summed E-state index contributed by atoms with van der Waals surface area (Å²) in [5, 5.41) is 0. The van der Waals surface area contributed by atoms with Gasteiger partial charge in [-0.15, -0.1) is 0 Å². The van der Waals surface area contributed by atoms with E-state index in [9.17, 15) is 9.59 Å². The number of nitrogens with zero attached hydrogens (tertiary/aromatic N) is 2. The molecule has 0 radical (unpaired) electrons. The first-order valence-electron chi connectivity index (χ1n) is 6.21. The van der Waals surface area contributed by atoms with E-state index < -0.39 is 11.2 Å². The lowest BCUT2D eigenvalue weighted by Gasteiger charge is -2.17. The Morgan fingerprint density at radius 2 is 1.50 bits per heavy atom. The molecule has 0 saturated carbocycles. The molecule has 0 spiro atoms. The molecule has 6 heteroatoms. The van der Waals surface area contributed by atoms with Crippen LogP contribution in [0.2, 0.25) is 0 Å². The average molecular weight is 274 g/mol. The largest absolute Gasteiger partial charge is 0.391 e. The van der Waals surface area contributed by atoms with Gasteiger partial charge in [0.25, 0.3) is 5.56 Å². The predicted octanol–water partition coefficient (Wildman–Crippen LogP) is 0.626. The molecule has 0 aliphatic rings. The lowest BCUT2D eigenvalue weighted by Crippen LogP contribution is -2.40. The lowest BCUT2D eigenvalue weighted by atomic mass is 10.0. The predicted molar refractivity (Wildman–Crippen MR) is 80.3 cm³/mol. The van der Waals surface area contributed by atoms with Crippen molar-refractivity contribution in [2.24, 2.45) is 7.05 Å². The summed E-state index contributed by atoms with van der Waals surface area (Å²) in [7, 11) is 1.38. The van der Waals surface area contributed by atoms with E-state index in [4.69, 9.17) is 11.5 Å². The Hall–Kier alpha value is -2.50. The zero-order valence-corrected chi connectivity index (χ0v) is 12.0. The molecule has 4 N–H and O–H groups in total. The van der Waals surface area contributed by atoms with Gasteiger partial charge in [0.05, 0.1) is 5.69 Å². The van der Waals surface area contributed by atoms with Crippen LogP contribution in [0.25, 0.3) is 5.69 Å². The second-order valence-electron chi connectivity index (χ2n) is 5.03. The van der Waals surface area contributed by atoms with Gasteiger partial charge in [0.15, 0.2) is 0 Å². The van der Waals surface area contributed by atoms with Crippen molar-refractivity contribution in [2.45, 2.75) is 20.8 Å². The van der Waals surface area contributed by atoms with Crippen molar-refractivity contribution in [3.8, 4) is 5.69 Å². The summed E-state index contributed by atoms with van der Waals surface area (Å²) >= 11 is 0. The maximum atomic E-state index is 12.3. The van der Waals surface area contributed by atoms with Gasteiger partial charge in [-0.1, -0.05) is 17.7 Å². The molecule has 0 amide bonds. The van der Waals surface area contributed by atoms with Crippen molar-refractivity contribution in [3.05, 3.63) is 49.7 Å². The summed E-state index contributed by atoms with van der Waals surface area (Å²) in [6.45, 7) is 5.76. The fraction of sp³-hybridized carbons (Fsp3) is 0.286. The summed E-state index contributed by atoms with van der Waals surface area (Å²) in [5.74, 6) is -0.0202. The van der Waals surface area contributed by atoms with Crippen LogP contribution in [0.5, 0.6) is 0 Å². The number of nitrogen functional groups attached to an aromatic ring is 2. The molecule has 0 aliphatic heterocycles. The van der Waals surface area contributed by atoms with Crippen molar-refractivity contribution < 1.29 is 0 Å². The van der Waals surface area contributed by atoms with Gasteiger partial charge in [0.1, 0.15) is 11.5 Å². The average Bonchev–Trinajstić information content (AvgIpc) is 2.37. The zero-order chi connectivity index (χ0) is 15.2. The van der Waals surface area contributed by atoms with Crippen LogP contribution < -0.4 is 22.7 Å². The third-order valence-electron chi connectivity index (χ3n) is 3.39. The van der Waals surface area contributed by atoms with Crippen LogP contribution in [0.4, 0.5) is 11.5 Å². The van der Waals surface area contributed by atoms with Crippen molar-refractivity contribution in [1.29, 1.82) is 0 Å². The Balaban J connectivity index is 2.99. The summed E-state index contributed by atoms with van der Waals surface area (Å²) < 4.78 is 2.26. The van der Waals surface area contributed by atoms with Crippen LogP contribution in [-0.4, -0.2) is 9.13 Å². The Kier molecular flexibility index (Phi) is 3.17. The number of hydrogen-bond donors (Lipinski definition) is 2. The standard InChI is InChI=1S/C14H18N4O2/c1-7-5-8(2)11(9(3)6-7)18-12(16)10(15)13(19)17(4)14(18)20/h5-6H,15-16H2,1-4H3. The number of hydrogen-bond acceptors (Lipinski definition) is 4. The van der Waals surface area contributed by atoms with Gasteiger partial charge in [0, 0.05) is 7.05 Å². The molecule has 0 fully saturated rings. The number of nitrogens with two attached hydrogens (primary N) is 2. The van der Waals surface area contributed by atoms with E-state index >= 15 is 0 Å². The van der Waals surface area contributed by atoms with Crippen molar-refractivity contribution >= 4 is 11.5 Å². The van der Waals surface area contributed by atoms with Crippen LogP contribution in [0, 0.1) is 20.8 Å². The monoisotopic (exact) mass is 274 g/mol. The molecule has 20 heavy (non-hydrogen) atoms. The van der Waals surface area contributed by atoms with Gasteiger partial charge in [-0.05, 0) is 31.9 Å². The first-order valence-corrected chi connectivity index (χ1v) is 6.21. The Labute approximate surface area is 116 Å². The van der Waals surface area contributed by atoms with Gasteiger partial charge in [-0.3, -0.25) is 9.36 Å². The zero-order valence-electron chi connectivity index (χ0n) is 12.0. The fourth-order valence-electron chi connectivity index (χ4n) is 2.49. The van der Waals surface area contributed by atoms with E-state index in [-0.39, 0.29) is 11.5 Å². The first-order chi connectivity index (χ1) is 9.25. The fourth-order valence-corrected chi connectivity index (χ4v) is 2.49. The molecule has 1 heterocycles. The van der Waals surface area contributed by atoms with Crippen LogP contribution in [0.15, 0.2) is 21.7 Å². The molecule has 1 aromatic heterocycles. The van der Waals surface area contributed by atoms with E-state index in [1.807, 2.05) is 32.9 Å². The molecule has 6 nitrogen and oxygen atoms in total. The number of rotatable bonds is 1. The molecule has 106 valence electrons. The van der Waals surface area contributed by atoms with Crippen LogP contribution in [0.1, 0.15) is 16.7 Å². The number of benzene rings is 1. The lowest BCUT2D eigenvalue weighted by molar-refractivity contribution is 0.735. The highest BCUT2D eigenvalue weighted by atomic mass is 16.2. The second kappa shape index (κ2) is 4.56. The molecule has 0 unspecified atom stereocenters. The third kappa shape index (κ3) is 1.89. The van der Waals surface area contributed by atoms with E-state index in [0.29, 0.717) is 5.69 Å². The van der Waals surface area contributed by atoms with Crippen LogP contribution in [0.3, 0.4) is 0 Å². The Bertz CT molecular complexity index is 792. The van der Waals surface area contributed by atoms with Crippen molar-refractivity contribution in [2.75, 3.05) is 11.5 Å². The molecule has 0 atom stereocenters. The Morgan fingerprint density at radius 3 is 2.00 bits per heavy atom. The molecular formula is C14H18N4O2. The normalized spacial score (nSPS) is 10.8. The van der Waals surface area contributed by atoms with E-state index in [0.717, 1.165) is 21.3 Å². The Morgan fingerprint density at radius 1 is 1.00 bits per heavy atom. The minimum Gasteiger partial charge on any atom is -0.391 e.